The van der Waals surface area contributed by atoms with E-state index in [2.05, 4.69) is 10.1 Å². The highest BCUT2D eigenvalue weighted by atomic mass is 16.5. The van der Waals surface area contributed by atoms with E-state index in [9.17, 15) is 9.59 Å². The van der Waals surface area contributed by atoms with E-state index in [-0.39, 0.29) is 18.3 Å². The summed E-state index contributed by atoms with van der Waals surface area (Å²) in [7, 11) is 3.17. The minimum Gasteiger partial charge on any atom is -0.493 e. The third kappa shape index (κ3) is 5.27. The monoisotopic (exact) mass is 425 g/mol. The molecule has 0 unspecified atom stereocenters. The van der Waals surface area contributed by atoms with Gasteiger partial charge in [0, 0.05) is 23.7 Å². The SMILES string of the molecule is COc1ccc(-c2ccnc3cc(C=O)nn23)cc1OC.O=C(CO)C1CCCCC1. The number of aromatic nitrogens is 3. The van der Waals surface area contributed by atoms with Crippen LogP contribution in [0.1, 0.15) is 42.6 Å². The molecule has 3 aromatic rings. The maximum atomic E-state index is 10.9. The van der Waals surface area contributed by atoms with Gasteiger partial charge in [-0.1, -0.05) is 19.3 Å². The van der Waals surface area contributed by atoms with E-state index < -0.39 is 0 Å². The number of aliphatic hydroxyl groups excluding tert-OH is 1. The molecule has 164 valence electrons. The van der Waals surface area contributed by atoms with Gasteiger partial charge in [-0.3, -0.25) is 9.59 Å². The van der Waals surface area contributed by atoms with E-state index in [1.807, 2.05) is 24.3 Å². The zero-order chi connectivity index (χ0) is 22.2. The lowest BCUT2D eigenvalue weighted by molar-refractivity contribution is -0.126. The first-order valence-corrected chi connectivity index (χ1v) is 10.3. The summed E-state index contributed by atoms with van der Waals surface area (Å²) in [6.07, 6.45) is 7.96. The average Bonchev–Trinajstić information content (AvgIpc) is 3.27. The summed E-state index contributed by atoms with van der Waals surface area (Å²) in [4.78, 5) is 26.0. The van der Waals surface area contributed by atoms with Crippen LogP contribution in [0.3, 0.4) is 0 Å². The maximum Gasteiger partial charge on any atom is 0.170 e. The molecule has 0 bridgehead atoms. The molecule has 8 nitrogen and oxygen atoms in total. The lowest BCUT2D eigenvalue weighted by Gasteiger charge is -2.18. The second-order valence-electron chi connectivity index (χ2n) is 7.32. The summed E-state index contributed by atoms with van der Waals surface area (Å²) < 4.78 is 12.2. The Morgan fingerprint density at radius 3 is 2.52 bits per heavy atom. The van der Waals surface area contributed by atoms with Gasteiger partial charge in [0.1, 0.15) is 12.3 Å². The van der Waals surface area contributed by atoms with Crippen molar-refractivity contribution in [2.45, 2.75) is 32.1 Å². The first-order chi connectivity index (χ1) is 15.1. The number of fused-ring (bicyclic) bond motifs is 1. The molecule has 1 aliphatic rings. The Kier molecular flexibility index (Phi) is 7.72. The third-order valence-electron chi connectivity index (χ3n) is 5.39. The molecule has 31 heavy (non-hydrogen) atoms. The van der Waals surface area contributed by atoms with Crippen LogP contribution >= 0.6 is 0 Å². The molecule has 0 amide bonds. The quantitative estimate of drug-likeness (QED) is 0.604. The van der Waals surface area contributed by atoms with Gasteiger partial charge in [0.15, 0.2) is 29.2 Å². The molecular formula is C23H27N3O5. The van der Waals surface area contributed by atoms with Gasteiger partial charge in [-0.2, -0.15) is 5.10 Å². The van der Waals surface area contributed by atoms with Crippen LogP contribution in [0.4, 0.5) is 0 Å². The van der Waals surface area contributed by atoms with Crippen molar-refractivity contribution in [3.8, 4) is 22.8 Å². The highest BCUT2D eigenvalue weighted by Gasteiger charge is 2.19. The molecule has 1 fully saturated rings. The van der Waals surface area contributed by atoms with Gasteiger partial charge in [0.2, 0.25) is 0 Å². The Morgan fingerprint density at radius 2 is 1.87 bits per heavy atom. The number of carbonyl (C=O) groups excluding carboxylic acids is 2. The predicted octanol–water partition coefficient (Wildman–Crippen LogP) is 3.35. The number of methoxy groups -OCH3 is 2. The van der Waals surface area contributed by atoms with Crippen LogP contribution in [-0.2, 0) is 4.79 Å². The second-order valence-corrected chi connectivity index (χ2v) is 7.32. The Labute approximate surface area is 180 Å². The number of carbonyl (C=O) groups is 2. The van der Waals surface area contributed by atoms with E-state index in [4.69, 9.17) is 14.6 Å². The molecule has 0 radical (unpaired) electrons. The number of hydrogen-bond acceptors (Lipinski definition) is 7. The largest absolute Gasteiger partial charge is 0.493 e. The van der Waals surface area contributed by atoms with Gasteiger partial charge in [-0.05, 0) is 37.1 Å². The number of hydrogen-bond donors (Lipinski definition) is 1. The van der Waals surface area contributed by atoms with E-state index in [0.29, 0.717) is 29.1 Å². The Bertz CT molecular complexity index is 1040. The zero-order valence-corrected chi connectivity index (χ0v) is 17.8. The highest BCUT2D eigenvalue weighted by molar-refractivity contribution is 5.82. The van der Waals surface area contributed by atoms with Gasteiger partial charge in [-0.25, -0.2) is 9.50 Å². The lowest BCUT2D eigenvalue weighted by Crippen LogP contribution is -2.20. The minimum absolute atomic E-state index is 0.0414. The average molecular weight is 425 g/mol. The van der Waals surface area contributed by atoms with Crippen molar-refractivity contribution in [3.05, 3.63) is 42.2 Å². The van der Waals surface area contributed by atoms with Crippen molar-refractivity contribution in [3.63, 3.8) is 0 Å². The molecule has 4 rings (SSSR count). The molecule has 0 aliphatic heterocycles. The standard InChI is InChI=1S/C15H13N3O3.C8H14O2/c1-20-13-4-3-10(7-14(13)21-2)12-5-6-16-15-8-11(9-19)17-18(12)15;9-6-8(10)7-4-2-1-3-5-7/h3-9H,1-2H3;7,9H,1-6H2. The summed E-state index contributed by atoms with van der Waals surface area (Å²) in [5.41, 5.74) is 2.66. The van der Waals surface area contributed by atoms with E-state index in [0.717, 1.165) is 36.9 Å². The number of ketones is 1. The van der Waals surface area contributed by atoms with Crippen molar-refractivity contribution in [1.29, 1.82) is 0 Å². The van der Waals surface area contributed by atoms with Crippen LogP contribution in [0.2, 0.25) is 0 Å². The topological polar surface area (TPSA) is 103 Å². The molecule has 0 atom stereocenters. The lowest BCUT2D eigenvalue weighted by atomic mass is 9.86. The first kappa shape index (κ1) is 22.4. The zero-order valence-electron chi connectivity index (χ0n) is 17.8. The smallest absolute Gasteiger partial charge is 0.170 e. The van der Waals surface area contributed by atoms with Crippen LogP contribution in [0.15, 0.2) is 36.5 Å². The fourth-order valence-electron chi connectivity index (χ4n) is 3.74. The summed E-state index contributed by atoms with van der Waals surface area (Å²) >= 11 is 0. The summed E-state index contributed by atoms with van der Waals surface area (Å²) in [6.45, 7) is -0.259. The van der Waals surface area contributed by atoms with Crippen molar-refractivity contribution in [2.24, 2.45) is 5.92 Å². The third-order valence-corrected chi connectivity index (χ3v) is 5.39. The van der Waals surface area contributed by atoms with Gasteiger partial charge in [-0.15, -0.1) is 0 Å². The van der Waals surface area contributed by atoms with Crippen LogP contribution in [0, 0.1) is 5.92 Å². The summed E-state index contributed by atoms with van der Waals surface area (Å²) in [5.74, 6) is 1.50. The number of rotatable bonds is 6. The van der Waals surface area contributed by atoms with Crippen LogP contribution in [0.25, 0.3) is 16.9 Å². The summed E-state index contributed by atoms with van der Waals surface area (Å²) in [6, 6.07) is 9.05. The molecule has 1 aromatic carbocycles. The van der Waals surface area contributed by atoms with E-state index >= 15 is 0 Å². The van der Waals surface area contributed by atoms with Crippen LogP contribution < -0.4 is 9.47 Å². The molecule has 8 heteroatoms. The van der Waals surface area contributed by atoms with Crippen LogP contribution in [0.5, 0.6) is 11.5 Å². The van der Waals surface area contributed by atoms with Crippen molar-refractivity contribution < 1.29 is 24.2 Å². The summed E-state index contributed by atoms with van der Waals surface area (Å²) in [5, 5.41) is 12.8. The Balaban J connectivity index is 0.000000229. The highest BCUT2D eigenvalue weighted by Crippen LogP contribution is 2.32. The fraction of sp³-hybridized carbons (Fsp3) is 0.391. The van der Waals surface area contributed by atoms with E-state index in [1.54, 1.807) is 31.0 Å². The molecule has 0 saturated heterocycles. The molecular weight excluding hydrogens is 398 g/mol. The minimum atomic E-state index is -0.259. The van der Waals surface area contributed by atoms with Gasteiger partial charge in [0.05, 0.1) is 19.9 Å². The Morgan fingerprint density at radius 1 is 1.13 bits per heavy atom. The van der Waals surface area contributed by atoms with Gasteiger partial charge < -0.3 is 14.6 Å². The Hall–Kier alpha value is -3.26. The maximum absolute atomic E-state index is 10.9. The van der Waals surface area contributed by atoms with Gasteiger partial charge >= 0.3 is 0 Å². The van der Waals surface area contributed by atoms with Crippen molar-refractivity contribution in [1.82, 2.24) is 14.6 Å². The van der Waals surface area contributed by atoms with Crippen molar-refractivity contribution >= 4 is 17.7 Å². The normalized spacial score (nSPS) is 13.9. The number of Topliss-reactive ketones (excluding diaryl/α,β-unsaturated/α-hetero) is 1. The predicted molar refractivity (Wildman–Crippen MR) is 116 cm³/mol. The van der Waals surface area contributed by atoms with Crippen LogP contribution in [-0.4, -0.2) is 52.6 Å². The number of ether oxygens (including phenoxy) is 2. The molecule has 2 heterocycles. The molecule has 1 saturated carbocycles. The number of aliphatic hydroxyl groups is 1. The number of aldehydes is 1. The molecule has 2 aromatic heterocycles. The van der Waals surface area contributed by atoms with Gasteiger partial charge in [0.25, 0.3) is 0 Å². The molecule has 1 N–H and O–H groups in total. The first-order valence-electron chi connectivity index (χ1n) is 10.3. The van der Waals surface area contributed by atoms with E-state index in [1.165, 1.54) is 6.42 Å². The number of benzene rings is 1. The second kappa shape index (κ2) is 10.7. The van der Waals surface area contributed by atoms with Crippen molar-refractivity contribution in [2.75, 3.05) is 20.8 Å². The molecule has 1 aliphatic carbocycles. The number of nitrogens with zero attached hydrogens (tertiary/aromatic N) is 3. The molecule has 0 spiro atoms. The fourth-order valence-corrected chi connectivity index (χ4v) is 3.74.